The number of hydrogen-bond acceptors (Lipinski definition) is 3. The fourth-order valence-electron chi connectivity index (χ4n) is 2.60. The van der Waals surface area contributed by atoms with Gasteiger partial charge in [0.05, 0.1) is 18.9 Å². The molecule has 0 aliphatic heterocycles. The molecule has 1 aromatic heterocycles. The molecule has 96 valence electrons. The van der Waals surface area contributed by atoms with Gasteiger partial charge in [0.2, 0.25) is 0 Å². The van der Waals surface area contributed by atoms with Crippen LogP contribution in [0.15, 0.2) is 47.3 Å². The van der Waals surface area contributed by atoms with Crippen molar-refractivity contribution in [3.8, 4) is 11.1 Å². The maximum atomic E-state index is 11.5. The van der Waals surface area contributed by atoms with Crippen LogP contribution in [0.5, 0.6) is 0 Å². The van der Waals surface area contributed by atoms with Crippen LogP contribution in [-0.2, 0) is 9.59 Å². The molecule has 1 fully saturated rings. The highest BCUT2D eigenvalue weighted by Gasteiger charge is 2.26. The number of furan rings is 1. The highest BCUT2D eigenvalue weighted by Crippen LogP contribution is 2.30. The van der Waals surface area contributed by atoms with E-state index in [1.54, 1.807) is 12.5 Å². The smallest absolute Gasteiger partial charge is 0.140 e. The highest BCUT2D eigenvalue weighted by atomic mass is 16.3. The maximum absolute atomic E-state index is 11.5. The largest absolute Gasteiger partial charge is 0.472 e. The molecular weight excluding hydrogens is 240 g/mol. The average Bonchev–Trinajstić information content (AvgIpc) is 2.91. The van der Waals surface area contributed by atoms with E-state index in [9.17, 15) is 9.59 Å². The lowest BCUT2D eigenvalue weighted by Crippen LogP contribution is -2.21. The van der Waals surface area contributed by atoms with Gasteiger partial charge in [-0.05, 0) is 23.1 Å². The third kappa shape index (κ3) is 2.50. The molecule has 0 saturated heterocycles. The topological polar surface area (TPSA) is 47.3 Å². The van der Waals surface area contributed by atoms with Gasteiger partial charge in [0.25, 0.3) is 0 Å². The Labute approximate surface area is 111 Å². The standard InChI is InChI=1S/C16H14O3/c17-15-7-14(8-16(18)9-15)12-3-1-11(2-4-12)13-5-6-19-10-13/h1-6,10,14H,7-9H2. The summed E-state index contributed by atoms with van der Waals surface area (Å²) >= 11 is 0. The molecular formula is C16H14O3. The molecule has 2 aromatic rings. The molecule has 1 aromatic carbocycles. The minimum Gasteiger partial charge on any atom is -0.472 e. The van der Waals surface area contributed by atoms with Crippen LogP contribution < -0.4 is 0 Å². The first-order valence-electron chi connectivity index (χ1n) is 6.38. The van der Waals surface area contributed by atoms with E-state index < -0.39 is 0 Å². The van der Waals surface area contributed by atoms with Crippen molar-refractivity contribution in [2.75, 3.05) is 0 Å². The second kappa shape index (κ2) is 4.84. The minimum absolute atomic E-state index is 0.0483. The lowest BCUT2D eigenvalue weighted by Gasteiger charge is -2.20. The summed E-state index contributed by atoms with van der Waals surface area (Å²) in [5, 5.41) is 0. The van der Waals surface area contributed by atoms with Gasteiger partial charge < -0.3 is 4.42 Å². The monoisotopic (exact) mass is 254 g/mol. The van der Waals surface area contributed by atoms with Gasteiger partial charge in [0.1, 0.15) is 11.6 Å². The summed E-state index contributed by atoms with van der Waals surface area (Å²) in [6.07, 6.45) is 4.42. The molecule has 0 radical (unpaired) electrons. The Balaban J connectivity index is 1.82. The summed E-state index contributed by atoms with van der Waals surface area (Å²) in [6, 6.07) is 9.91. The number of hydrogen-bond donors (Lipinski definition) is 0. The van der Waals surface area contributed by atoms with Crippen LogP contribution >= 0.6 is 0 Å². The molecule has 3 nitrogen and oxygen atoms in total. The fourth-order valence-corrected chi connectivity index (χ4v) is 2.60. The molecule has 0 bridgehead atoms. The van der Waals surface area contributed by atoms with E-state index >= 15 is 0 Å². The molecule has 1 aliphatic carbocycles. The molecule has 1 saturated carbocycles. The van der Waals surface area contributed by atoms with Gasteiger partial charge in [0.15, 0.2) is 0 Å². The number of rotatable bonds is 2. The summed E-state index contributed by atoms with van der Waals surface area (Å²) in [5.74, 6) is 0.160. The molecule has 3 rings (SSSR count). The molecule has 0 N–H and O–H groups in total. The molecule has 19 heavy (non-hydrogen) atoms. The van der Waals surface area contributed by atoms with E-state index in [1.807, 2.05) is 30.3 Å². The van der Waals surface area contributed by atoms with Crippen LogP contribution in [0.3, 0.4) is 0 Å². The van der Waals surface area contributed by atoms with E-state index in [-0.39, 0.29) is 23.9 Å². The summed E-state index contributed by atoms with van der Waals surface area (Å²) in [5.41, 5.74) is 3.17. The van der Waals surface area contributed by atoms with Gasteiger partial charge in [-0.15, -0.1) is 0 Å². The molecule has 3 heteroatoms. The van der Waals surface area contributed by atoms with Crippen LogP contribution in [0, 0.1) is 0 Å². The Morgan fingerprint density at radius 2 is 1.58 bits per heavy atom. The van der Waals surface area contributed by atoms with Gasteiger partial charge in [-0.3, -0.25) is 9.59 Å². The predicted octanol–water partition coefficient (Wildman–Crippen LogP) is 3.35. The van der Waals surface area contributed by atoms with Crippen molar-refractivity contribution in [3.05, 3.63) is 48.4 Å². The van der Waals surface area contributed by atoms with Crippen molar-refractivity contribution >= 4 is 11.6 Å². The first-order chi connectivity index (χ1) is 9.22. The SMILES string of the molecule is O=C1CC(=O)CC(c2ccc(-c3ccoc3)cc2)C1. The molecule has 0 atom stereocenters. The number of carbonyl (C=O) groups is 2. The summed E-state index contributed by atoms with van der Waals surface area (Å²) in [7, 11) is 0. The number of Topliss-reactive ketones (excluding diaryl/α,β-unsaturated/α-hetero) is 2. The van der Waals surface area contributed by atoms with Gasteiger partial charge in [0, 0.05) is 18.4 Å². The van der Waals surface area contributed by atoms with E-state index in [4.69, 9.17) is 4.42 Å². The zero-order valence-corrected chi connectivity index (χ0v) is 10.5. The first-order valence-corrected chi connectivity index (χ1v) is 6.38. The van der Waals surface area contributed by atoms with Crippen molar-refractivity contribution in [3.63, 3.8) is 0 Å². The van der Waals surface area contributed by atoms with E-state index in [0.29, 0.717) is 12.8 Å². The van der Waals surface area contributed by atoms with Gasteiger partial charge in [-0.2, -0.15) is 0 Å². The third-order valence-electron chi connectivity index (χ3n) is 3.58. The molecule has 0 amide bonds. The second-order valence-electron chi connectivity index (χ2n) is 4.99. The fraction of sp³-hybridized carbons (Fsp3) is 0.250. The second-order valence-corrected chi connectivity index (χ2v) is 4.99. The van der Waals surface area contributed by atoms with Crippen molar-refractivity contribution in [2.45, 2.75) is 25.2 Å². The lowest BCUT2D eigenvalue weighted by atomic mass is 9.82. The molecule has 0 spiro atoms. The Kier molecular flexibility index (Phi) is 3.03. The van der Waals surface area contributed by atoms with E-state index in [2.05, 4.69) is 0 Å². The van der Waals surface area contributed by atoms with Crippen LogP contribution in [0.1, 0.15) is 30.7 Å². The minimum atomic E-state index is 0.0483. The number of carbonyl (C=O) groups excluding carboxylic acids is 2. The van der Waals surface area contributed by atoms with E-state index in [1.165, 1.54) is 0 Å². The van der Waals surface area contributed by atoms with Gasteiger partial charge in [-0.25, -0.2) is 0 Å². The number of ketones is 2. The van der Waals surface area contributed by atoms with Crippen molar-refractivity contribution in [1.29, 1.82) is 0 Å². The number of benzene rings is 1. The van der Waals surface area contributed by atoms with Crippen molar-refractivity contribution < 1.29 is 14.0 Å². The Morgan fingerprint density at radius 3 is 2.16 bits per heavy atom. The summed E-state index contributed by atoms with van der Waals surface area (Å²) in [4.78, 5) is 23.0. The van der Waals surface area contributed by atoms with Crippen LogP contribution in [-0.4, -0.2) is 11.6 Å². The highest BCUT2D eigenvalue weighted by molar-refractivity contribution is 6.02. The lowest BCUT2D eigenvalue weighted by molar-refractivity contribution is -0.130. The molecule has 1 aliphatic rings. The van der Waals surface area contributed by atoms with Crippen LogP contribution in [0.25, 0.3) is 11.1 Å². The van der Waals surface area contributed by atoms with Gasteiger partial charge in [-0.1, -0.05) is 24.3 Å². The first kappa shape index (κ1) is 11.9. The predicted molar refractivity (Wildman–Crippen MR) is 70.8 cm³/mol. The molecule has 1 heterocycles. The quantitative estimate of drug-likeness (QED) is 0.772. The zero-order valence-electron chi connectivity index (χ0n) is 10.5. The average molecular weight is 254 g/mol. The van der Waals surface area contributed by atoms with Gasteiger partial charge >= 0.3 is 0 Å². The van der Waals surface area contributed by atoms with Crippen LogP contribution in [0.4, 0.5) is 0 Å². The van der Waals surface area contributed by atoms with Crippen molar-refractivity contribution in [1.82, 2.24) is 0 Å². The summed E-state index contributed by atoms with van der Waals surface area (Å²) < 4.78 is 5.05. The zero-order chi connectivity index (χ0) is 13.2. The van der Waals surface area contributed by atoms with Crippen LogP contribution in [0.2, 0.25) is 0 Å². The summed E-state index contributed by atoms with van der Waals surface area (Å²) in [6.45, 7) is 0. The van der Waals surface area contributed by atoms with Crippen molar-refractivity contribution in [2.24, 2.45) is 0 Å². The third-order valence-corrected chi connectivity index (χ3v) is 3.58. The van der Waals surface area contributed by atoms with E-state index in [0.717, 1.165) is 16.7 Å². The Bertz CT molecular complexity index is 577. The Hall–Kier alpha value is -2.16. The Morgan fingerprint density at radius 1 is 0.895 bits per heavy atom. The molecule has 0 unspecified atom stereocenters. The normalized spacial score (nSPS) is 16.8. The maximum Gasteiger partial charge on any atom is 0.140 e.